The van der Waals surface area contributed by atoms with Gasteiger partial charge in [0.2, 0.25) is 10.0 Å². The third-order valence-electron chi connectivity index (χ3n) is 2.25. The Balaban J connectivity index is 2.82. The lowest BCUT2D eigenvalue weighted by atomic mass is 9.98. The lowest BCUT2D eigenvalue weighted by Gasteiger charge is -2.18. The summed E-state index contributed by atoms with van der Waals surface area (Å²) in [6.45, 7) is 6.38. The molecule has 0 unspecified atom stereocenters. The van der Waals surface area contributed by atoms with Crippen molar-refractivity contribution in [3.8, 4) is 0 Å². The Hall–Kier alpha value is -1.07. The summed E-state index contributed by atoms with van der Waals surface area (Å²) < 4.78 is 26.5. The van der Waals surface area contributed by atoms with Gasteiger partial charge in [0.05, 0.1) is 4.90 Å². The molecule has 1 aromatic carbocycles. The molecule has 5 heteroatoms. The molecule has 0 saturated carbocycles. The van der Waals surface area contributed by atoms with Gasteiger partial charge in [-0.25, -0.2) is 13.1 Å². The quantitative estimate of drug-likeness (QED) is 0.867. The van der Waals surface area contributed by atoms with Crippen LogP contribution in [0.3, 0.4) is 0 Å². The van der Waals surface area contributed by atoms with Crippen LogP contribution in [-0.2, 0) is 10.0 Å². The number of hydrogen-bond acceptors (Lipinski definition) is 3. The maximum Gasteiger partial charge on any atom is 0.240 e. The van der Waals surface area contributed by atoms with E-state index in [4.69, 9.17) is 0 Å². The van der Waals surface area contributed by atoms with Crippen LogP contribution < -0.4 is 10.0 Å². The van der Waals surface area contributed by atoms with Gasteiger partial charge in [-0.15, -0.1) is 0 Å². The highest BCUT2D eigenvalue weighted by molar-refractivity contribution is 7.89. The third-order valence-corrected chi connectivity index (χ3v) is 3.66. The Morgan fingerprint density at radius 3 is 2.06 bits per heavy atom. The van der Waals surface area contributed by atoms with Crippen molar-refractivity contribution < 1.29 is 8.42 Å². The number of benzene rings is 1. The highest BCUT2D eigenvalue weighted by Crippen LogP contribution is 2.16. The molecule has 1 aromatic rings. The number of hydrogen-bond donors (Lipinski definition) is 2. The van der Waals surface area contributed by atoms with Crippen LogP contribution in [0.4, 0.5) is 5.69 Å². The molecule has 0 atom stereocenters. The van der Waals surface area contributed by atoms with E-state index in [9.17, 15) is 8.42 Å². The Labute approximate surface area is 103 Å². The van der Waals surface area contributed by atoms with Crippen LogP contribution in [0.1, 0.15) is 20.8 Å². The van der Waals surface area contributed by atoms with Crippen molar-refractivity contribution in [2.24, 2.45) is 5.41 Å². The second-order valence-corrected chi connectivity index (χ2v) is 6.93. The summed E-state index contributed by atoms with van der Waals surface area (Å²) in [6, 6.07) is 6.67. The predicted molar refractivity (Wildman–Crippen MR) is 70.6 cm³/mol. The standard InChI is InChI=1S/C12H20N2O2S/c1-12(2,3)9-14-17(15,16)11-7-5-10(13-4)6-8-11/h5-8,13-14H,9H2,1-4H3. The summed E-state index contributed by atoms with van der Waals surface area (Å²) in [6.07, 6.45) is 0. The van der Waals surface area contributed by atoms with Gasteiger partial charge < -0.3 is 5.32 Å². The average Bonchev–Trinajstić information content (AvgIpc) is 2.26. The maximum atomic E-state index is 11.9. The van der Waals surface area contributed by atoms with E-state index in [-0.39, 0.29) is 5.41 Å². The van der Waals surface area contributed by atoms with Crippen molar-refractivity contribution in [1.82, 2.24) is 4.72 Å². The van der Waals surface area contributed by atoms with E-state index in [1.165, 1.54) is 0 Å². The molecule has 0 aliphatic heterocycles. The third kappa shape index (κ3) is 4.36. The number of sulfonamides is 1. The first kappa shape index (κ1) is 14.0. The molecule has 0 bridgehead atoms. The van der Waals surface area contributed by atoms with Crippen molar-refractivity contribution in [1.29, 1.82) is 0 Å². The van der Waals surface area contributed by atoms with E-state index >= 15 is 0 Å². The van der Waals surface area contributed by atoms with Crippen LogP contribution >= 0.6 is 0 Å². The molecule has 0 aromatic heterocycles. The minimum Gasteiger partial charge on any atom is -0.388 e. The zero-order valence-corrected chi connectivity index (χ0v) is 11.6. The van der Waals surface area contributed by atoms with E-state index < -0.39 is 10.0 Å². The van der Waals surface area contributed by atoms with E-state index in [1.807, 2.05) is 20.8 Å². The van der Waals surface area contributed by atoms with Crippen LogP contribution in [0.15, 0.2) is 29.2 Å². The summed E-state index contributed by atoms with van der Waals surface area (Å²) >= 11 is 0. The summed E-state index contributed by atoms with van der Waals surface area (Å²) in [4.78, 5) is 0.292. The fourth-order valence-corrected chi connectivity index (χ4v) is 2.48. The lowest BCUT2D eigenvalue weighted by Crippen LogP contribution is -2.32. The van der Waals surface area contributed by atoms with E-state index in [0.29, 0.717) is 11.4 Å². The molecule has 17 heavy (non-hydrogen) atoms. The Morgan fingerprint density at radius 1 is 1.12 bits per heavy atom. The van der Waals surface area contributed by atoms with Gasteiger partial charge in [0.15, 0.2) is 0 Å². The van der Waals surface area contributed by atoms with E-state index in [1.54, 1.807) is 31.3 Å². The molecule has 2 N–H and O–H groups in total. The molecule has 1 rings (SSSR count). The van der Waals surface area contributed by atoms with E-state index in [0.717, 1.165) is 5.69 Å². The average molecular weight is 256 g/mol. The predicted octanol–water partition coefficient (Wildman–Crippen LogP) is 2.05. The van der Waals surface area contributed by atoms with Crippen LogP contribution in [0.2, 0.25) is 0 Å². The van der Waals surface area contributed by atoms with Gasteiger partial charge >= 0.3 is 0 Å². The normalized spacial score (nSPS) is 12.5. The SMILES string of the molecule is CNc1ccc(S(=O)(=O)NCC(C)(C)C)cc1. The Bertz CT molecular complexity index is 458. The second kappa shape index (κ2) is 5.06. The number of nitrogens with one attached hydrogen (secondary N) is 2. The molecule has 0 saturated heterocycles. The fraction of sp³-hybridized carbons (Fsp3) is 0.500. The summed E-state index contributed by atoms with van der Waals surface area (Å²) in [5.41, 5.74) is 0.817. The van der Waals surface area contributed by atoms with Crippen molar-refractivity contribution in [3.05, 3.63) is 24.3 Å². The van der Waals surface area contributed by atoms with Crippen molar-refractivity contribution >= 4 is 15.7 Å². The molecule has 0 radical (unpaired) electrons. The molecule has 0 heterocycles. The minimum atomic E-state index is -3.40. The van der Waals surface area contributed by atoms with Gasteiger partial charge in [0, 0.05) is 19.3 Å². The van der Waals surface area contributed by atoms with Crippen LogP contribution in [-0.4, -0.2) is 22.0 Å². The van der Waals surface area contributed by atoms with Gasteiger partial charge in [-0.3, -0.25) is 0 Å². The summed E-state index contributed by atoms with van der Waals surface area (Å²) in [7, 11) is -1.60. The molecular formula is C12H20N2O2S. The van der Waals surface area contributed by atoms with Gasteiger partial charge in [-0.1, -0.05) is 20.8 Å². The largest absolute Gasteiger partial charge is 0.388 e. The number of anilines is 1. The topological polar surface area (TPSA) is 58.2 Å². The zero-order valence-electron chi connectivity index (χ0n) is 10.7. The monoisotopic (exact) mass is 256 g/mol. The van der Waals surface area contributed by atoms with Crippen molar-refractivity contribution in [2.75, 3.05) is 18.9 Å². The first-order chi connectivity index (χ1) is 7.74. The first-order valence-electron chi connectivity index (χ1n) is 5.52. The van der Waals surface area contributed by atoms with Crippen LogP contribution in [0, 0.1) is 5.41 Å². The van der Waals surface area contributed by atoms with E-state index in [2.05, 4.69) is 10.0 Å². The molecule has 0 aliphatic rings. The molecule has 0 aliphatic carbocycles. The summed E-state index contributed by atoms with van der Waals surface area (Å²) in [5.74, 6) is 0. The molecular weight excluding hydrogens is 236 g/mol. The van der Waals surface area contributed by atoms with Crippen LogP contribution in [0.5, 0.6) is 0 Å². The van der Waals surface area contributed by atoms with Gasteiger partial charge in [-0.2, -0.15) is 0 Å². The van der Waals surface area contributed by atoms with Crippen LogP contribution in [0.25, 0.3) is 0 Å². The Kier molecular flexibility index (Phi) is 4.16. The highest BCUT2D eigenvalue weighted by Gasteiger charge is 2.18. The zero-order chi connectivity index (χ0) is 13.1. The van der Waals surface area contributed by atoms with Crippen molar-refractivity contribution in [3.63, 3.8) is 0 Å². The van der Waals surface area contributed by atoms with Gasteiger partial charge in [-0.05, 0) is 29.7 Å². The Morgan fingerprint density at radius 2 is 1.65 bits per heavy atom. The van der Waals surface area contributed by atoms with Gasteiger partial charge in [0.1, 0.15) is 0 Å². The van der Waals surface area contributed by atoms with Crippen molar-refractivity contribution in [2.45, 2.75) is 25.7 Å². The molecule has 96 valence electrons. The number of rotatable bonds is 4. The smallest absolute Gasteiger partial charge is 0.240 e. The molecule has 0 fully saturated rings. The van der Waals surface area contributed by atoms with Gasteiger partial charge in [0.25, 0.3) is 0 Å². The minimum absolute atomic E-state index is 0.0714. The fourth-order valence-electron chi connectivity index (χ4n) is 1.20. The molecule has 4 nitrogen and oxygen atoms in total. The molecule has 0 amide bonds. The second-order valence-electron chi connectivity index (χ2n) is 5.16. The summed E-state index contributed by atoms with van der Waals surface area (Å²) in [5, 5.41) is 2.95. The lowest BCUT2D eigenvalue weighted by molar-refractivity contribution is 0.407. The maximum absolute atomic E-state index is 11.9. The highest BCUT2D eigenvalue weighted by atomic mass is 32.2. The molecule has 0 spiro atoms. The first-order valence-corrected chi connectivity index (χ1v) is 7.00.